The summed E-state index contributed by atoms with van der Waals surface area (Å²) in [6, 6.07) is 0. The van der Waals surface area contributed by atoms with Gasteiger partial charge in [0.15, 0.2) is 0 Å². The first-order valence-corrected chi connectivity index (χ1v) is 7.10. The molecular formula is C13H22N2S. The summed E-state index contributed by atoms with van der Waals surface area (Å²) in [4.78, 5) is 6.04. The monoisotopic (exact) mass is 238 g/mol. The van der Waals surface area contributed by atoms with E-state index >= 15 is 0 Å². The van der Waals surface area contributed by atoms with Crippen LogP contribution in [0.5, 0.6) is 0 Å². The second-order valence-corrected chi connectivity index (χ2v) is 6.50. The molecule has 1 fully saturated rings. The van der Waals surface area contributed by atoms with Gasteiger partial charge in [-0.05, 0) is 32.6 Å². The third-order valence-electron chi connectivity index (χ3n) is 3.65. The van der Waals surface area contributed by atoms with Crippen LogP contribution in [-0.4, -0.2) is 4.98 Å². The molecule has 1 aliphatic rings. The first kappa shape index (κ1) is 12.1. The molecule has 0 bridgehead atoms. The van der Waals surface area contributed by atoms with Gasteiger partial charge in [0.25, 0.3) is 0 Å². The molecule has 3 heteroatoms. The number of aromatic nitrogens is 1. The van der Waals surface area contributed by atoms with E-state index in [0.717, 1.165) is 23.8 Å². The van der Waals surface area contributed by atoms with E-state index in [1.54, 1.807) is 11.3 Å². The summed E-state index contributed by atoms with van der Waals surface area (Å²) in [5, 5.41) is 1.13. The van der Waals surface area contributed by atoms with Crippen LogP contribution in [0.2, 0.25) is 0 Å². The summed E-state index contributed by atoms with van der Waals surface area (Å²) < 4.78 is 0. The van der Waals surface area contributed by atoms with Gasteiger partial charge in [-0.3, -0.25) is 0 Å². The fourth-order valence-corrected chi connectivity index (χ4v) is 3.45. The van der Waals surface area contributed by atoms with Crippen molar-refractivity contribution in [3.8, 4) is 0 Å². The van der Waals surface area contributed by atoms with Crippen molar-refractivity contribution >= 4 is 11.3 Å². The molecule has 1 aromatic heterocycles. The van der Waals surface area contributed by atoms with Crippen LogP contribution in [0.1, 0.15) is 55.1 Å². The van der Waals surface area contributed by atoms with Gasteiger partial charge < -0.3 is 5.73 Å². The number of hydrogen-bond acceptors (Lipinski definition) is 3. The average Bonchev–Trinajstić information content (AvgIpc) is 2.54. The minimum absolute atomic E-state index is 0.214. The van der Waals surface area contributed by atoms with E-state index in [0.29, 0.717) is 0 Å². The van der Waals surface area contributed by atoms with Crippen molar-refractivity contribution in [3.63, 3.8) is 0 Å². The second-order valence-electron chi connectivity index (χ2n) is 5.29. The topological polar surface area (TPSA) is 38.9 Å². The van der Waals surface area contributed by atoms with Crippen molar-refractivity contribution in [2.75, 3.05) is 0 Å². The van der Waals surface area contributed by atoms with Crippen molar-refractivity contribution in [3.05, 3.63) is 15.6 Å². The Hall–Kier alpha value is -0.410. The lowest BCUT2D eigenvalue weighted by molar-refractivity contribution is 0.235. The van der Waals surface area contributed by atoms with Gasteiger partial charge in [0.05, 0.1) is 11.2 Å². The summed E-state index contributed by atoms with van der Waals surface area (Å²) in [6.45, 7) is 6.45. The second kappa shape index (κ2) is 4.46. The maximum absolute atomic E-state index is 6.43. The highest BCUT2D eigenvalue weighted by molar-refractivity contribution is 7.11. The van der Waals surface area contributed by atoms with Crippen LogP contribution in [0, 0.1) is 12.8 Å². The standard InChI is InChI=1S/C13H22N2S/c1-4-11-9(2)16-12(15-11)13(3,14)8-10-6-5-7-10/h10H,4-8,14H2,1-3H3. The lowest BCUT2D eigenvalue weighted by Crippen LogP contribution is -2.36. The molecule has 1 aliphatic carbocycles. The van der Waals surface area contributed by atoms with Crippen LogP contribution < -0.4 is 5.73 Å². The first-order chi connectivity index (χ1) is 7.53. The summed E-state index contributed by atoms with van der Waals surface area (Å²) >= 11 is 1.79. The molecule has 0 aromatic carbocycles. The summed E-state index contributed by atoms with van der Waals surface area (Å²) in [7, 11) is 0. The highest BCUT2D eigenvalue weighted by Gasteiger charge is 2.31. The van der Waals surface area contributed by atoms with Crippen molar-refractivity contribution in [1.82, 2.24) is 4.98 Å². The van der Waals surface area contributed by atoms with Crippen LogP contribution in [-0.2, 0) is 12.0 Å². The van der Waals surface area contributed by atoms with Gasteiger partial charge in [-0.2, -0.15) is 0 Å². The van der Waals surface area contributed by atoms with E-state index in [9.17, 15) is 0 Å². The Kier molecular flexibility index (Phi) is 3.36. The molecule has 2 rings (SSSR count). The van der Waals surface area contributed by atoms with Gasteiger partial charge in [-0.1, -0.05) is 26.2 Å². The Morgan fingerprint density at radius 1 is 1.50 bits per heavy atom. The predicted octanol–water partition coefficient (Wildman–Crippen LogP) is 3.38. The van der Waals surface area contributed by atoms with Crippen molar-refractivity contribution in [2.24, 2.45) is 11.7 Å². The molecule has 1 heterocycles. The Labute approximate surface area is 102 Å². The highest BCUT2D eigenvalue weighted by Crippen LogP contribution is 2.38. The molecule has 1 unspecified atom stereocenters. The lowest BCUT2D eigenvalue weighted by atomic mass is 9.77. The smallest absolute Gasteiger partial charge is 0.113 e. The van der Waals surface area contributed by atoms with Crippen LogP contribution >= 0.6 is 11.3 Å². The van der Waals surface area contributed by atoms with Gasteiger partial charge >= 0.3 is 0 Å². The summed E-state index contributed by atoms with van der Waals surface area (Å²) in [6.07, 6.45) is 6.22. The molecule has 0 saturated heterocycles. The Morgan fingerprint density at radius 2 is 2.19 bits per heavy atom. The zero-order valence-corrected chi connectivity index (χ0v) is 11.4. The molecule has 1 atom stereocenters. The van der Waals surface area contributed by atoms with E-state index in [1.165, 1.54) is 29.8 Å². The van der Waals surface area contributed by atoms with E-state index in [1.807, 2.05) is 0 Å². The Balaban J connectivity index is 2.13. The number of hydrogen-bond donors (Lipinski definition) is 1. The van der Waals surface area contributed by atoms with Gasteiger partial charge in [-0.15, -0.1) is 11.3 Å². The molecule has 0 amide bonds. The maximum Gasteiger partial charge on any atom is 0.113 e. The largest absolute Gasteiger partial charge is 0.320 e. The zero-order chi connectivity index (χ0) is 11.8. The van der Waals surface area contributed by atoms with Crippen molar-refractivity contribution in [2.45, 2.75) is 58.4 Å². The van der Waals surface area contributed by atoms with Gasteiger partial charge in [0, 0.05) is 4.88 Å². The molecule has 1 saturated carbocycles. The molecule has 2 N–H and O–H groups in total. The Bertz CT molecular complexity index is 364. The zero-order valence-electron chi connectivity index (χ0n) is 10.5. The number of nitrogens with two attached hydrogens (primary N) is 1. The molecule has 90 valence electrons. The van der Waals surface area contributed by atoms with E-state index in [4.69, 9.17) is 10.7 Å². The fraction of sp³-hybridized carbons (Fsp3) is 0.769. The quantitative estimate of drug-likeness (QED) is 0.873. The van der Waals surface area contributed by atoms with Crippen LogP contribution in [0.3, 0.4) is 0 Å². The average molecular weight is 238 g/mol. The van der Waals surface area contributed by atoms with Crippen LogP contribution in [0.15, 0.2) is 0 Å². The number of aryl methyl sites for hydroxylation is 2. The van der Waals surface area contributed by atoms with Gasteiger partial charge in [-0.25, -0.2) is 4.98 Å². The molecule has 0 spiro atoms. The summed E-state index contributed by atoms with van der Waals surface area (Å²) in [5.41, 5.74) is 7.45. The van der Waals surface area contributed by atoms with Gasteiger partial charge in [0.2, 0.25) is 0 Å². The molecule has 16 heavy (non-hydrogen) atoms. The minimum atomic E-state index is -0.214. The SMILES string of the molecule is CCc1nc(C(C)(N)CC2CCC2)sc1C. The Morgan fingerprint density at radius 3 is 2.62 bits per heavy atom. The lowest BCUT2D eigenvalue weighted by Gasteiger charge is -2.33. The maximum atomic E-state index is 6.43. The molecular weight excluding hydrogens is 216 g/mol. The number of rotatable bonds is 4. The summed E-state index contributed by atoms with van der Waals surface area (Å²) in [5.74, 6) is 0.837. The van der Waals surface area contributed by atoms with E-state index in [2.05, 4.69) is 20.8 Å². The fourth-order valence-electron chi connectivity index (χ4n) is 2.38. The predicted molar refractivity (Wildman–Crippen MR) is 69.7 cm³/mol. The number of thiazole rings is 1. The van der Waals surface area contributed by atoms with Crippen LogP contribution in [0.4, 0.5) is 0 Å². The van der Waals surface area contributed by atoms with Gasteiger partial charge in [0.1, 0.15) is 5.01 Å². The normalized spacial score (nSPS) is 20.5. The molecule has 1 aromatic rings. The van der Waals surface area contributed by atoms with Crippen LogP contribution in [0.25, 0.3) is 0 Å². The third kappa shape index (κ3) is 2.30. The van der Waals surface area contributed by atoms with Crippen molar-refractivity contribution in [1.29, 1.82) is 0 Å². The molecule has 0 aliphatic heterocycles. The minimum Gasteiger partial charge on any atom is -0.320 e. The van der Waals surface area contributed by atoms with E-state index in [-0.39, 0.29) is 5.54 Å². The highest BCUT2D eigenvalue weighted by atomic mass is 32.1. The first-order valence-electron chi connectivity index (χ1n) is 6.28. The third-order valence-corrected chi connectivity index (χ3v) is 4.95. The molecule has 0 radical (unpaired) electrons. The number of nitrogens with zero attached hydrogens (tertiary/aromatic N) is 1. The van der Waals surface area contributed by atoms with Crippen molar-refractivity contribution < 1.29 is 0 Å². The van der Waals surface area contributed by atoms with E-state index < -0.39 is 0 Å². The molecule has 2 nitrogen and oxygen atoms in total.